The minimum absolute atomic E-state index is 0.0668. The monoisotopic (exact) mass is 360 g/mol. The molecule has 2 saturated heterocycles. The Morgan fingerprint density at radius 1 is 1.27 bits per heavy atom. The number of carbonyl (C=O) groups is 2. The second-order valence-electron chi connectivity index (χ2n) is 6.89. The SMILES string of the molecule is Cc1cc2cccc(C(=O)N3C[C@@H]4COC[C@H](C3)N(C)C4)c2o1.O=CO. The summed E-state index contributed by atoms with van der Waals surface area (Å²) in [5.74, 6) is 1.27. The summed E-state index contributed by atoms with van der Waals surface area (Å²) in [5, 5.41) is 7.88. The fourth-order valence-electron chi connectivity index (χ4n) is 3.75. The smallest absolute Gasteiger partial charge is 0.290 e. The van der Waals surface area contributed by atoms with Crippen LogP contribution in [-0.4, -0.2) is 73.2 Å². The van der Waals surface area contributed by atoms with Crippen LogP contribution in [0.3, 0.4) is 0 Å². The molecule has 7 nitrogen and oxygen atoms in total. The van der Waals surface area contributed by atoms with E-state index in [1.54, 1.807) is 0 Å². The first kappa shape index (κ1) is 18.4. The van der Waals surface area contributed by atoms with Crippen molar-refractivity contribution in [3.8, 4) is 0 Å². The summed E-state index contributed by atoms with van der Waals surface area (Å²) in [4.78, 5) is 25.8. The molecule has 2 aromatic rings. The van der Waals surface area contributed by atoms with E-state index >= 15 is 0 Å². The highest BCUT2D eigenvalue weighted by molar-refractivity contribution is 6.05. The number of nitrogens with zero attached hydrogens (tertiary/aromatic N) is 2. The molecule has 2 aliphatic heterocycles. The number of ether oxygens (including phenoxy) is 1. The first-order valence-electron chi connectivity index (χ1n) is 8.67. The molecule has 1 aromatic heterocycles. The minimum atomic E-state index is -0.250. The molecule has 0 unspecified atom stereocenters. The Bertz CT molecular complexity index is 787. The van der Waals surface area contributed by atoms with Crippen molar-refractivity contribution in [3.05, 3.63) is 35.6 Å². The van der Waals surface area contributed by atoms with Crippen LogP contribution in [0.1, 0.15) is 16.1 Å². The Labute approximate surface area is 152 Å². The number of hydrogen-bond donors (Lipinski definition) is 1. The molecule has 1 N–H and O–H groups in total. The molecule has 1 aromatic carbocycles. The Hall–Kier alpha value is -2.38. The number of hydrogen-bond acceptors (Lipinski definition) is 5. The highest BCUT2D eigenvalue weighted by Crippen LogP contribution is 2.26. The molecule has 0 aliphatic carbocycles. The molecule has 0 spiro atoms. The average molecular weight is 360 g/mol. The van der Waals surface area contributed by atoms with E-state index in [0.29, 0.717) is 30.2 Å². The van der Waals surface area contributed by atoms with Crippen LogP contribution in [0.4, 0.5) is 0 Å². The summed E-state index contributed by atoms with van der Waals surface area (Å²) in [6, 6.07) is 8.03. The maximum Gasteiger partial charge on any atom is 0.290 e. The van der Waals surface area contributed by atoms with Gasteiger partial charge in [-0.1, -0.05) is 12.1 Å². The molecule has 3 heterocycles. The Kier molecular flexibility index (Phi) is 5.58. The second-order valence-corrected chi connectivity index (χ2v) is 6.89. The quantitative estimate of drug-likeness (QED) is 0.782. The van der Waals surface area contributed by atoms with Gasteiger partial charge in [0.1, 0.15) is 11.3 Å². The van der Waals surface area contributed by atoms with Crippen molar-refractivity contribution in [2.24, 2.45) is 5.92 Å². The van der Waals surface area contributed by atoms with Crippen molar-refractivity contribution in [1.29, 1.82) is 0 Å². The average Bonchev–Trinajstić information content (AvgIpc) is 2.78. The van der Waals surface area contributed by atoms with Crippen LogP contribution in [0.2, 0.25) is 0 Å². The first-order chi connectivity index (χ1) is 12.5. The lowest BCUT2D eigenvalue weighted by Crippen LogP contribution is -2.44. The van der Waals surface area contributed by atoms with E-state index < -0.39 is 0 Å². The van der Waals surface area contributed by atoms with Crippen molar-refractivity contribution < 1.29 is 23.8 Å². The maximum absolute atomic E-state index is 13.1. The highest BCUT2D eigenvalue weighted by atomic mass is 16.5. The van der Waals surface area contributed by atoms with Crippen LogP contribution < -0.4 is 0 Å². The van der Waals surface area contributed by atoms with Crippen LogP contribution >= 0.6 is 0 Å². The lowest BCUT2D eigenvalue weighted by Gasteiger charge is -2.29. The molecule has 1 amide bonds. The summed E-state index contributed by atoms with van der Waals surface area (Å²) in [6.45, 7) is 5.53. The first-order valence-corrected chi connectivity index (χ1v) is 8.67. The van der Waals surface area contributed by atoms with Crippen molar-refractivity contribution >= 4 is 23.3 Å². The number of carboxylic acid groups (broad SMARTS) is 1. The third-order valence-electron chi connectivity index (χ3n) is 4.93. The minimum Gasteiger partial charge on any atom is -0.483 e. The van der Waals surface area contributed by atoms with Gasteiger partial charge in [0.05, 0.1) is 24.8 Å². The molecule has 4 rings (SSSR count). The zero-order valence-corrected chi connectivity index (χ0v) is 15.1. The second kappa shape index (κ2) is 7.88. The van der Waals surface area contributed by atoms with Crippen LogP contribution in [0.15, 0.2) is 28.7 Å². The summed E-state index contributed by atoms with van der Waals surface area (Å²) >= 11 is 0. The third-order valence-corrected chi connectivity index (χ3v) is 4.93. The number of aryl methyl sites for hydroxylation is 1. The standard InChI is InChI=1S/C18H22N2O3.CH2O2/c1-12-6-14-4-3-5-16(17(14)23-12)18(21)20-8-13-7-19(2)15(9-20)11-22-10-13;2-1-3/h3-6,13,15H,7-11H2,1-2H3;1H,(H,2,3)/t13-,15+;/m1./s1. The molecular formula is C19H24N2O5. The van der Waals surface area contributed by atoms with E-state index in [1.165, 1.54) is 0 Å². The number of carbonyl (C=O) groups excluding carboxylic acids is 1. The van der Waals surface area contributed by atoms with Crippen molar-refractivity contribution in [2.75, 3.05) is 39.9 Å². The van der Waals surface area contributed by atoms with Gasteiger partial charge in [-0.2, -0.15) is 0 Å². The Balaban J connectivity index is 0.000000613. The van der Waals surface area contributed by atoms with E-state index in [9.17, 15) is 4.79 Å². The van der Waals surface area contributed by atoms with Crippen molar-refractivity contribution in [2.45, 2.75) is 13.0 Å². The van der Waals surface area contributed by atoms with Gasteiger partial charge in [0.15, 0.2) is 0 Å². The van der Waals surface area contributed by atoms with Gasteiger partial charge < -0.3 is 19.2 Å². The van der Waals surface area contributed by atoms with Gasteiger partial charge in [0.2, 0.25) is 0 Å². The third kappa shape index (κ3) is 3.73. The Morgan fingerprint density at radius 3 is 2.81 bits per heavy atom. The number of amides is 1. The number of para-hydroxylation sites is 1. The van der Waals surface area contributed by atoms with E-state index in [1.807, 2.05) is 36.1 Å². The number of rotatable bonds is 1. The van der Waals surface area contributed by atoms with Gasteiger partial charge in [0.25, 0.3) is 12.4 Å². The van der Waals surface area contributed by atoms with Crippen LogP contribution in [0.25, 0.3) is 11.0 Å². The normalized spacial score (nSPS) is 23.1. The van der Waals surface area contributed by atoms with Gasteiger partial charge in [-0.15, -0.1) is 0 Å². The van der Waals surface area contributed by atoms with Gasteiger partial charge in [-0.05, 0) is 26.1 Å². The summed E-state index contributed by atoms with van der Waals surface area (Å²) in [5.41, 5.74) is 1.37. The molecule has 2 aliphatic rings. The largest absolute Gasteiger partial charge is 0.483 e. The molecule has 26 heavy (non-hydrogen) atoms. The summed E-state index contributed by atoms with van der Waals surface area (Å²) in [6.07, 6.45) is 0. The number of furan rings is 1. The number of fused-ring (bicyclic) bond motifs is 4. The lowest BCUT2D eigenvalue weighted by molar-refractivity contribution is -0.122. The molecule has 2 atom stereocenters. The molecule has 0 saturated carbocycles. The van der Waals surface area contributed by atoms with Crippen molar-refractivity contribution in [1.82, 2.24) is 9.80 Å². The molecule has 0 radical (unpaired) electrons. The van der Waals surface area contributed by atoms with Gasteiger partial charge in [-0.25, -0.2) is 0 Å². The van der Waals surface area contributed by atoms with Crippen LogP contribution in [0.5, 0.6) is 0 Å². The predicted molar refractivity (Wildman–Crippen MR) is 96.3 cm³/mol. The maximum atomic E-state index is 13.1. The molecule has 7 heteroatoms. The van der Waals surface area contributed by atoms with Crippen molar-refractivity contribution in [3.63, 3.8) is 0 Å². The molecule has 2 fully saturated rings. The lowest BCUT2D eigenvalue weighted by atomic mass is 10.1. The summed E-state index contributed by atoms with van der Waals surface area (Å²) in [7, 11) is 2.12. The van der Waals surface area contributed by atoms with Gasteiger partial charge in [-0.3, -0.25) is 14.5 Å². The fourth-order valence-corrected chi connectivity index (χ4v) is 3.75. The van der Waals surface area contributed by atoms with E-state index in [0.717, 1.165) is 30.8 Å². The molecule has 2 bridgehead atoms. The number of benzene rings is 1. The molecular weight excluding hydrogens is 336 g/mol. The fraction of sp³-hybridized carbons (Fsp3) is 0.474. The van der Waals surface area contributed by atoms with E-state index in [4.69, 9.17) is 19.1 Å². The molecule has 140 valence electrons. The zero-order chi connectivity index (χ0) is 18.7. The zero-order valence-electron chi connectivity index (χ0n) is 15.1. The van der Waals surface area contributed by atoms with E-state index in [2.05, 4.69) is 11.9 Å². The van der Waals surface area contributed by atoms with E-state index in [-0.39, 0.29) is 18.4 Å². The summed E-state index contributed by atoms with van der Waals surface area (Å²) < 4.78 is 11.5. The van der Waals surface area contributed by atoms with Crippen LogP contribution in [0, 0.1) is 12.8 Å². The predicted octanol–water partition coefficient (Wildman–Crippen LogP) is 1.84. The number of likely N-dealkylation sites (N-methyl/N-ethyl adjacent to an activating group) is 1. The topological polar surface area (TPSA) is 83.2 Å². The highest BCUT2D eigenvalue weighted by Gasteiger charge is 2.34. The Morgan fingerprint density at radius 2 is 2.04 bits per heavy atom. The van der Waals surface area contributed by atoms with Gasteiger partial charge >= 0.3 is 0 Å². The van der Waals surface area contributed by atoms with Gasteiger partial charge in [0, 0.05) is 30.9 Å². The van der Waals surface area contributed by atoms with Crippen LogP contribution in [-0.2, 0) is 9.53 Å².